The van der Waals surface area contributed by atoms with Crippen LogP contribution in [0.25, 0.3) is 0 Å². The van der Waals surface area contributed by atoms with Crippen LogP contribution in [0, 0.1) is 19.8 Å². The lowest BCUT2D eigenvalue weighted by Crippen LogP contribution is -2.46. The fourth-order valence-electron chi connectivity index (χ4n) is 3.10. The van der Waals surface area contributed by atoms with Crippen LogP contribution in [0.1, 0.15) is 44.7 Å². The van der Waals surface area contributed by atoms with Gasteiger partial charge in [0.15, 0.2) is 0 Å². The second kappa shape index (κ2) is 9.07. The molecular weight excluding hydrogens is 372 g/mol. The van der Waals surface area contributed by atoms with Gasteiger partial charge in [-0.15, -0.1) is 0 Å². The van der Waals surface area contributed by atoms with Crippen LogP contribution in [0.4, 0.5) is 10.5 Å². The number of benzene rings is 1. The molecule has 3 N–H and O–H groups in total. The van der Waals surface area contributed by atoms with Crippen LogP contribution in [-0.2, 0) is 14.4 Å². The molecule has 8 nitrogen and oxygen atoms in total. The summed E-state index contributed by atoms with van der Waals surface area (Å²) in [6.45, 7) is 8.93. The molecule has 1 aliphatic heterocycles. The zero-order valence-electron chi connectivity index (χ0n) is 17.7. The highest BCUT2D eigenvalue weighted by Gasteiger charge is 2.47. The van der Waals surface area contributed by atoms with Gasteiger partial charge in [0, 0.05) is 5.69 Å². The molecule has 0 unspecified atom stereocenters. The Labute approximate surface area is 171 Å². The van der Waals surface area contributed by atoms with Crippen LogP contribution >= 0.6 is 0 Å². The lowest BCUT2D eigenvalue weighted by Gasteiger charge is -2.22. The smallest absolute Gasteiger partial charge is 0.325 e. The van der Waals surface area contributed by atoms with E-state index >= 15 is 0 Å². The number of anilines is 1. The average molecular weight is 402 g/mol. The number of carbonyl (C=O) groups excluding carboxylic acids is 4. The van der Waals surface area contributed by atoms with E-state index in [1.165, 1.54) is 0 Å². The maximum absolute atomic E-state index is 12.6. The predicted octanol–water partition coefficient (Wildman–Crippen LogP) is 2.10. The number of amides is 5. The van der Waals surface area contributed by atoms with E-state index in [9.17, 15) is 19.2 Å². The summed E-state index contributed by atoms with van der Waals surface area (Å²) in [6, 6.07) is 4.98. The Morgan fingerprint density at radius 3 is 2.52 bits per heavy atom. The SMILES string of the molecule is Cc1cccc(NC(=O)CNC(=O)CN2C(=O)N[C@@](C)(CCC(C)C)C2=O)c1C. The molecule has 5 amide bonds. The standard InChI is InChI=1S/C21H30N4O4/c1-13(2)9-10-21(5)19(28)25(20(29)24-21)12-18(27)22-11-17(26)23-16-8-6-7-14(3)15(16)4/h6-8,13H,9-12H2,1-5H3,(H,22,27)(H,23,26)(H,24,29)/t21-/m0/s1. The predicted molar refractivity (Wildman–Crippen MR) is 110 cm³/mol. The average Bonchev–Trinajstić information content (AvgIpc) is 2.86. The number of urea groups is 1. The third-order valence-electron chi connectivity index (χ3n) is 5.19. The maximum Gasteiger partial charge on any atom is 0.325 e. The Morgan fingerprint density at radius 2 is 1.86 bits per heavy atom. The van der Waals surface area contributed by atoms with E-state index < -0.39 is 29.9 Å². The van der Waals surface area contributed by atoms with Crippen LogP contribution in [0.3, 0.4) is 0 Å². The van der Waals surface area contributed by atoms with Crippen molar-refractivity contribution in [3.8, 4) is 0 Å². The minimum absolute atomic E-state index is 0.250. The summed E-state index contributed by atoms with van der Waals surface area (Å²) in [4.78, 5) is 50.0. The van der Waals surface area contributed by atoms with E-state index in [-0.39, 0.29) is 12.5 Å². The van der Waals surface area contributed by atoms with E-state index in [4.69, 9.17) is 0 Å². The molecule has 158 valence electrons. The summed E-state index contributed by atoms with van der Waals surface area (Å²) in [7, 11) is 0. The molecule has 0 aliphatic carbocycles. The largest absolute Gasteiger partial charge is 0.345 e. The molecule has 1 saturated heterocycles. The Hall–Kier alpha value is -2.90. The molecule has 0 aromatic heterocycles. The Kier molecular flexibility index (Phi) is 7.00. The first-order valence-corrected chi connectivity index (χ1v) is 9.80. The zero-order valence-corrected chi connectivity index (χ0v) is 17.7. The van der Waals surface area contributed by atoms with E-state index in [0.717, 1.165) is 22.4 Å². The zero-order chi connectivity index (χ0) is 21.8. The Bertz CT molecular complexity index is 821. The Balaban J connectivity index is 1.87. The highest BCUT2D eigenvalue weighted by molar-refractivity contribution is 6.09. The molecule has 8 heteroatoms. The molecule has 29 heavy (non-hydrogen) atoms. The highest BCUT2D eigenvalue weighted by Crippen LogP contribution is 2.24. The second-order valence-corrected chi connectivity index (χ2v) is 8.16. The first-order valence-electron chi connectivity index (χ1n) is 9.80. The first kappa shape index (κ1) is 22.4. The van der Waals surface area contributed by atoms with Crippen LogP contribution < -0.4 is 16.0 Å². The van der Waals surface area contributed by atoms with Gasteiger partial charge in [-0.2, -0.15) is 0 Å². The number of rotatable bonds is 8. The third-order valence-corrected chi connectivity index (χ3v) is 5.19. The van der Waals surface area contributed by atoms with Gasteiger partial charge < -0.3 is 16.0 Å². The number of carbonyl (C=O) groups is 4. The monoisotopic (exact) mass is 402 g/mol. The number of nitrogens with zero attached hydrogens (tertiary/aromatic N) is 1. The minimum Gasteiger partial charge on any atom is -0.345 e. The molecule has 1 aromatic carbocycles. The number of imide groups is 1. The molecule has 1 aromatic rings. The molecule has 2 rings (SSSR count). The number of nitrogens with one attached hydrogen (secondary N) is 3. The summed E-state index contributed by atoms with van der Waals surface area (Å²) < 4.78 is 0. The molecule has 0 radical (unpaired) electrons. The number of aryl methyl sites for hydroxylation is 1. The van der Waals surface area contributed by atoms with Gasteiger partial charge in [0.2, 0.25) is 11.8 Å². The molecular formula is C21H30N4O4. The van der Waals surface area contributed by atoms with Crippen molar-refractivity contribution in [1.29, 1.82) is 0 Å². The van der Waals surface area contributed by atoms with E-state index in [1.54, 1.807) is 13.0 Å². The molecule has 0 bridgehead atoms. The van der Waals surface area contributed by atoms with Crippen molar-refractivity contribution in [3.63, 3.8) is 0 Å². The Morgan fingerprint density at radius 1 is 1.17 bits per heavy atom. The van der Waals surface area contributed by atoms with Gasteiger partial charge in [0.1, 0.15) is 12.1 Å². The quantitative estimate of drug-likeness (QED) is 0.579. The first-order chi connectivity index (χ1) is 13.5. The van der Waals surface area contributed by atoms with E-state index in [2.05, 4.69) is 16.0 Å². The molecule has 1 aliphatic rings. The molecule has 1 fully saturated rings. The van der Waals surface area contributed by atoms with Gasteiger partial charge in [0.25, 0.3) is 5.91 Å². The normalized spacial score (nSPS) is 18.8. The van der Waals surface area contributed by atoms with Gasteiger partial charge in [-0.05, 0) is 56.7 Å². The number of hydrogen-bond acceptors (Lipinski definition) is 4. The second-order valence-electron chi connectivity index (χ2n) is 8.16. The van der Waals surface area contributed by atoms with Crippen LogP contribution in [-0.4, -0.2) is 47.3 Å². The summed E-state index contributed by atoms with van der Waals surface area (Å²) in [5, 5.41) is 7.88. The van der Waals surface area contributed by atoms with Crippen molar-refractivity contribution in [2.24, 2.45) is 5.92 Å². The minimum atomic E-state index is -0.998. The highest BCUT2D eigenvalue weighted by atomic mass is 16.2. The van der Waals surface area contributed by atoms with Gasteiger partial charge in [0.05, 0.1) is 6.54 Å². The van der Waals surface area contributed by atoms with Crippen molar-refractivity contribution in [2.45, 2.75) is 53.0 Å². The van der Waals surface area contributed by atoms with Gasteiger partial charge >= 0.3 is 6.03 Å². The van der Waals surface area contributed by atoms with E-state index in [1.807, 2.05) is 39.8 Å². The summed E-state index contributed by atoms with van der Waals surface area (Å²) in [5.74, 6) is -0.980. The topological polar surface area (TPSA) is 108 Å². The van der Waals surface area contributed by atoms with Crippen molar-refractivity contribution in [1.82, 2.24) is 15.5 Å². The van der Waals surface area contributed by atoms with Crippen molar-refractivity contribution in [3.05, 3.63) is 29.3 Å². The fraction of sp³-hybridized carbons (Fsp3) is 0.524. The van der Waals surface area contributed by atoms with Crippen LogP contribution in [0.2, 0.25) is 0 Å². The molecule has 0 spiro atoms. The summed E-state index contributed by atoms with van der Waals surface area (Å²) in [5.41, 5.74) is 1.68. The molecule has 1 atom stereocenters. The van der Waals surface area contributed by atoms with E-state index in [0.29, 0.717) is 18.0 Å². The lowest BCUT2D eigenvalue weighted by atomic mass is 9.92. The van der Waals surface area contributed by atoms with Gasteiger partial charge in [-0.3, -0.25) is 19.3 Å². The molecule has 0 saturated carbocycles. The summed E-state index contributed by atoms with van der Waals surface area (Å²) in [6.07, 6.45) is 1.28. The molecule has 1 heterocycles. The summed E-state index contributed by atoms with van der Waals surface area (Å²) >= 11 is 0. The lowest BCUT2D eigenvalue weighted by molar-refractivity contribution is -0.135. The van der Waals surface area contributed by atoms with Crippen LogP contribution in [0.15, 0.2) is 18.2 Å². The van der Waals surface area contributed by atoms with Gasteiger partial charge in [-0.1, -0.05) is 26.0 Å². The fourth-order valence-corrected chi connectivity index (χ4v) is 3.10. The van der Waals surface area contributed by atoms with Crippen molar-refractivity contribution >= 4 is 29.4 Å². The number of hydrogen-bond donors (Lipinski definition) is 3. The third kappa shape index (κ3) is 5.56. The van der Waals surface area contributed by atoms with Crippen LogP contribution in [0.5, 0.6) is 0 Å². The van der Waals surface area contributed by atoms with Gasteiger partial charge in [-0.25, -0.2) is 4.79 Å². The maximum atomic E-state index is 12.6. The van der Waals surface area contributed by atoms with Crippen molar-refractivity contribution in [2.75, 3.05) is 18.4 Å². The van der Waals surface area contributed by atoms with Crippen molar-refractivity contribution < 1.29 is 19.2 Å².